The number of benzene rings is 2. The highest BCUT2D eigenvalue weighted by atomic mass is 35.5. The summed E-state index contributed by atoms with van der Waals surface area (Å²) in [5, 5.41) is 1.97. The van der Waals surface area contributed by atoms with E-state index in [1.807, 2.05) is 0 Å². The molecule has 1 N–H and O–H groups in total. The summed E-state index contributed by atoms with van der Waals surface area (Å²) < 4.78 is 64.9. The number of amides is 1. The summed E-state index contributed by atoms with van der Waals surface area (Å²) in [4.78, 5) is 10.8. The van der Waals surface area contributed by atoms with Crippen LogP contribution in [0.2, 0.25) is 5.02 Å². The van der Waals surface area contributed by atoms with Gasteiger partial charge in [-0.3, -0.25) is 9.10 Å². The Morgan fingerprint density at radius 1 is 1.12 bits per heavy atom. The van der Waals surface area contributed by atoms with Crippen molar-refractivity contribution in [3.63, 3.8) is 0 Å². The molecule has 0 saturated carbocycles. The molecule has 1 amide bonds. The summed E-state index contributed by atoms with van der Waals surface area (Å²) in [6.45, 7) is 1.30. The van der Waals surface area contributed by atoms with Crippen LogP contribution in [0.4, 0.5) is 24.5 Å². The molecule has 0 spiro atoms. The number of nitrogens with one attached hydrogen (secondary N) is 1. The first-order valence-corrected chi connectivity index (χ1v) is 8.98. The highest BCUT2D eigenvalue weighted by molar-refractivity contribution is 7.92. The lowest BCUT2D eigenvalue weighted by Gasteiger charge is -2.21. The van der Waals surface area contributed by atoms with Crippen LogP contribution in [0.15, 0.2) is 47.4 Å². The molecule has 2 aromatic rings. The summed E-state index contributed by atoms with van der Waals surface area (Å²) in [6.07, 6.45) is -4.71. The number of sulfonamides is 1. The van der Waals surface area contributed by atoms with Crippen LogP contribution in [-0.2, 0) is 21.0 Å². The predicted octanol–water partition coefficient (Wildman–Crippen LogP) is 4.14. The van der Waals surface area contributed by atoms with Gasteiger partial charge in [0.05, 0.1) is 21.2 Å². The van der Waals surface area contributed by atoms with Crippen LogP contribution in [0.25, 0.3) is 0 Å². The van der Waals surface area contributed by atoms with Crippen LogP contribution in [0.3, 0.4) is 0 Å². The van der Waals surface area contributed by atoms with E-state index in [0.717, 1.165) is 17.4 Å². The Hall–Kier alpha value is -2.26. The average molecular weight is 407 g/mol. The summed E-state index contributed by atoms with van der Waals surface area (Å²) >= 11 is 5.55. The largest absolute Gasteiger partial charge is 0.417 e. The highest BCUT2D eigenvalue weighted by Gasteiger charge is 2.34. The number of carbonyl (C=O) groups is 1. The molecule has 10 heteroatoms. The minimum Gasteiger partial charge on any atom is -0.326 e. The smallest absolute Gasteiger partial charge is 0.326 e. The molecule has 0 radical (unpaired) electrons. The predicted molar refractivity (Wildman–Crippen MR) is 92.8 cm³/mol. The Kier molecular flexibility index (Phi) is 5.52. The van der Waals surface area contributed by atoms with Gasteiger partial charge in [0.1, 0.15) is 0 Å². The van der Waals surface area contributed by atoms with Crippen molar-refractivity contribution in [2.45, 2.75) is 18.0 Å². The molecule has 0 aromatic heterocycles. The molecule has 0 heterocycles. The molecule has 0 saturated heterocycles. The molecular weight excluding hydrogens is 393 g/mol. The second-order valence-corrected chi connectivity index (χ2v) is 7.72. The fourth-order valence-corrected chi connectivity index (χ4v) is 3.55. The van der Waals surface area contributed by atoms with Crippen LogP contribution in [-0.4, -0.2) is 21.4 Å². The van der Waals surface area contributed by atoms with Crippen molar-refractivity contribution in [2.24, 2.45) is 0 Å². The summed E-state index contributed by atoms with van der Waals surface area (Å²) in [5.74, 6) is -0.321. The van der Waals surface area contributed by atoms with Gasteiger partial charge in [0.2, 0.25) is 5.91 Å². The Labute approximate surface area is 153 Å². The van der Waals surface area contributed by atoms with Gasteiger partial charge in [-0.1, -0.05) is 11.6 Å². The molecular formula is C16H14ClF3N2O3S. The first-order chi connectivity index (χ1) is 11.9. The van der Waals surface area contributed by atoms with Gasteiger partial charge in [-0.05, 0) is 42.5 Å². The quantitative estimate of drug-likeness (QED) is 0.829. The number of halogens is 4. The van der Waals surface area contributed by atoms with E-state index in [2.05, 4.69) is 5.32 Å². The number of hydrogen-bond donors (Lipinski definition) is 1. The van der Waals surface area contributed by atoms with Gasteiger partial charge in [-0.25, -0.2) is 8.42 Å². The van der Waals surface area contributed by atoms with Crippen LogP contribution < -0.4 is 9.62 Å². The molecule has 0 unspecified atom stereocenters. The molecule has 0 aliphatic rings. The Morgan fingerprint density at radius 2 is 1.69 bits per heavy atom. The highest BCUT2D eigenvalue weighted by Crippen LogP contribution is 2.37. The third-order valence-electron chi connectivity index (χ3n) is 3.45. The molecule has 2 rings (SSSR count). The Balaban J connectivity index is 2.39. The summed E-state index contributed by atoms with van der Waals surface area (Å²) in [7, 11) is -2.96. The SMILES string of the molecule is CC(=O)Nc1ccc(S(=O)(=O)N(C)c2ccc(Cl)c(C(F)(F)F)c2)cc1. The number of anilines is 2. The molecule has 0 aliphatic carbocycles. The fourth-order valence-electron chi connectivity index (χ4n) is 2.14. The van der Waals surface area contributed by atoms with Gasteiger partial charge < -0.3 is 5.32 Å². The number of hydrogen-bond acceptors (Lipinski definition) is 3. The number of nitrogens with zero attached hydrogens (tertiary/aromatic N) is 1. The van der Waals surface area contributed by atoms with Crippen LogP contribution in [0.5, 0.6) is 0 Å². The Morgan fingerprint density at radius 3 is 2.19 bits per heavy atom. The average Bonchev–Trinajstić information content (AvgIpc) is 2.53. The lowest BCUT2D eigenvalue weighted by atomic mass is 10.2. The van der Waals surface area contributed by atoms with E-state index in [0.29, 0.717) is 11.8 Å². The van der Waals surface area contributed by atoms with Gasteiger partial charge in [0, 0.05) is 19.7 Å². The summed E-state index contributed by atoms with van der Waals surface area (Å²) in [6, 6.07) is 8.10. The van der Waals surface area contributed by atoms with Gasteiger partial charge in [-0.2, -0.15) is 13.2 Å². The topological polar surface area (TPSA) is 66.5 Å². The minimum atomic E-state index is -4.71. The molecule has 26 heavy (non-hydrogen) atoms. The van der Waals surface area contributed by atoms with Crippen molar-refractivity contribution < 1.29 is 26.4 Å². The van der Waals surface area contributed by atoms with E-state index in [9.17, 15) is 26.4 Å². The monoisotopic (exact) mass is 406 g/mol. The normalized spacial score (nSPS) is 11.9. The van der Waals surface area contributed by atoms with Crippen molar-refractivity contribution in [3.8, 4) is 0 Å². The number of alkyl halides is 3. The maximum Gasteiger partial charge on any atom is 0.417 e. The Bertz CT molecular complexity index is 929. The summed E-state index contributed by atoms with van der Waals surface area (Å²) in [5.41, 5.74) is -0.919. The van der Waals surface area contributed by atoms with E-state index < -0.39 is 26.8 Å². The van der Waals surface area contributed by atoms with Crippen molar-refractivity contribution in [2.75, 3.05) is 16.7 Å². The van der Waals surface area contributed by atoms with Gasteiger partial charge in [0.25, 0.3) is 10.0 Å². The number of rotatable bonds is 4. The third kappa shape index (κ3) is 4.28. The van der Waals surface area contributed by atoms with Crippen LogP contribution in [0, 0.1) is 0 Å². The van der Waals surface area contributed by atoms with E-state index in [-0.39, 0.29) is 16.5 Å². The standard InChI is InChI=1S/C16H14ClF3N2O3S/c1-10(23)21-11-3-6-13(7-4-11)26(24,25)22(2)12-5-8-15(17)14(9-12)16(18,19)20/h3-9H,1-2H3,(H,21,23). The van der Waals surface area contributed by atoms with Gasteiger partial charge >= 0.3 is 6.18 Å². The molecule has 0 aliphatic heterocycles. The van der Waals surface area contributed by atoms with Crippen LogP contribution in [0.1, 0.15) is 12.5 Å². The second kappa shape index (κ2) is 7.16. The molecule has 0 fully saturated rings. The van der Waals surface area contributed by atoms with Crippen molar-refractivity contribution in [1.29, 1.82) is 0 Å². The fraction of sp³-hybridized carbons (Fsp3) is 0.188. The minimum absolute atomic E-state index is 0.141. The number of carbonyl (C=O) groups excluding carboxylic acids is 1. The maximum absolute atomic E-state index is 13.0. The molecule has 0 atom stereocenters. The van der Waals surface area contributed by atoms with Crippen LogP contribution >= 0.6 is 11.6 Å². The van der Waals surface area contributed by atoms with E-state index in [4.69, 9.17) is 11.6 Å². The maximum atomic E-state index is 13.0. The van der Waals surface area contributed by atoms with E-state index >= 15 is 0 Å². The first kappa shape index (κ1) is 20.1. The van der Waals surface area contributed by atoms with Gasteiger partial charge in [0.15, 0.2) is 0 Å². The lowest BCUT2D eigenvalue weighted by Crippen LogP contribution is -2.27. The van der Waals surface area contributed by atoms with E-state index in [1.165, 1.54) is 37.3 Å². The zero-order valence-electron chi connectivity index (χ0n) is 13.6. The van der Waals surface area contributed by atoms with Crippen molar-refractivity contribution in [3.05, 3.63) is 53.1 Å². The molecule has 0 bridgehead atoms. The zero-order chi connectivity index (χ0) is 19.7. The lowest BCUT2D eigenvalue weighted by molar-refractivity contribution is -0.137. The zero-order valence-corrected chi connectivity index (χ0v) is 15.2. The second-order valence-electron chi connectivity index (χ2n) is 5.34. The van der Waals surface area contributed by atoms with Gasteiger partial charge in [-0.15, -0.1) is 0 Å². The molecule has 5 nitrogen and oxygen atoms in total. The molecule has 140 valence electrons. The first-order valence-electron chi connectivity index (χ1n) is 7.16. The van der Waals surface area contributed by atoms with Crippen molar-refractivity contribution in [1.82, 2.24) is 0 Å². The van der Waals surface area contributed by atoms with Crippen molar-refractivity contribution >= 4 is 38.9 Å². The molecule has 2 aromatic carbocycles. The third-order valence-corrected chi connectivity index (χ3v) is 5.58. The van der Waals surface area contributed by atoms with E-state index in [1.54, 1.807) is 0 Å².